The molecule has 1 aliphatic heterocycles. The summed E-state index contributed by atoms with van der Waals surface area (Å²) in [6, 6.07) is 15.1. The Balaban J connectivity index is 1.45. The van der Waals surface area contributed by atoms with Crippen molar-refractivity contribution in [2.24, 2.45) is 0 Å². The number of rotatable bonds is 17. The molecule has 1 N–H and O–H groups in total. The zero-order valence-corrected chi connectivity index (χ0v) is 25.1. The molecule has 2 aromatic carbocycles. The number of fused-ring (bicyclic) bond motifs is 1. The highest BCUT2D eigenvalue weighted by Gasteiger charge is 2.36. The van der Waals surface area contributed by atoms with E-state index in [1.54, 1.807) is 14.2 Å². The van der Waals surface area contributed by atoms with Gasteiger partial charge >= 0.3 is 0 Å². The lowest BCUT2D eigenvalue weighted by molar-refractivity contribution is -0.0729. The molecule has 1 saturated carbocycles. The van der Waals surface area contributed by atoms with Crippen LogP contribution in [0, 0.1) is 0 Å². The van der Waals surface area contributed by atoms with Gasteiger partial charge in [0.15, 0.2) is 0 Å². The minimum atomic E-state index is -0.372. The molecule has 4 rings (SSSR count). The third-order valence-corrected chi connectivity index (χ3v) is 7.93. The molecule has 41 heavy (non-hydrogen) atoms. The summed E-state index contributed by atoms with van der Waals surface area (Å²) in [6.45, 7) is 7.89. The summed E-state index contributed by atoms with van der Waals surface area (Å²) in [5, 5.41) is 9.78. The number of nitrogens with zero attached hydrogens (tertiary/aromatic N) is 1. The number of hydrogen-bond donors (Lipinski definition) is 1. The van der Waals surface area contributed by atoms with Crippen molar-refractivity contribution in [2.75, 3.05) is 65.2 Å². The summed E-state index contributed by atoms with van der Waals surface area (Å²) < 4.78 is 35.1. The van der Waals surface area contributed by atoms with Crippen molar-refractivity contribution >= 4 is 5.69 Å². The number of anilines is 1. The quantitative estimate of drug-likeness (QED) is 0.263. The highest BCUT2D eigenvalue weighted by atomic mass is 16.5. The van der Waals surface area contributed by atoms with Crippen LogP contribution >= 0.6 is 0 Å². The van der Waals surface area contributed by atoms with E-state index in [0.29, 0.717) is 46.1 Å². The Bertz CT molecular complexity index is 1020. The van der Waals surface area contributed by atoms with Crippen molar-refractivity contribution in [3.63, 3.8) is 0 Å². The van der Waals surface area contributed by atoms with Crippen LogP contribution in [-0.2, 0) is 36.9 Å². The second-order valence-corrected chi connectivity index (χ2v) is 11.1. The first-order chi connectivity index (χ1) is 20.1. The van der Waals surface area contributed by atoms with Crippen molar-refractivity contribution in [2.45, 2.75) is 76.5 Å². The molecule has 0 bridgehead atoms. The fourth-order valence-corrected chi connectivity index (χ4v) is 5.72. The van der Waals surface area contributed by atoms with Gasteiger partial charge in [0.1, 0.15) is 12.4 Å². The molecular weight excluding hydrogens is 522 g/mol. The number of hydrogen-bond acceptors (Lipinski definition) is 8. The van der Waals surface area contributed by atoms with Gasteiger partial charge in [-0.25, -0.2) is 0 Å². The molecule has 0 spiro atoms. The molecular formula is C33H49NO7. The molecule has 8 nitrogen and oxygen atoms in total. The summed E-state index contributed by atoms with van der Waals surface area (Å²) in [7, 11) is 3.43. The van der Waals surface area contributed by atoms with Gasteiger partial charge in [-0.1, -0.05) is 30.3 Å². The molecule has 0 amide bonds. The minimum Gasteiger partial charge on any atom is -0.490 e. The molecule has 1 heterocycles. The highest BCUT2D eigenvalue weighted by molar-refractivity contribution is 5.61. The number of aliphatic hydroxyl groups excluding tert-OH is 1. The van der Waals surface area contributed by atoms with Crippen molar-refractivity contribution in [1.29, 1.82) is 0 Å². The zero-order valence-electron chi connectivity index (χ0n) is 25.1. The lowest BCUT2D eigenvalue weighted by Crippen LogP contribution is -2.38. The Kier molecular flexibility index (Phi) is 13.2. The Morgan fingerprint density at radius 1 is 0.902 bits per heavy atom. The van der Waals surface area contributed by atoms with Crippen LogP contribution in [0.3, 0.4) is 0 Å². The molecule has 0 unspecified atom stereocenters. The van der Waals surface area contributed by atoms with Crippen LogP contribution in [0.15, 0.2) is 42.5 Å². The predicted molar refractivity (Wildman–Crippen MR) is 160 cm³/mol. The molecule has 228 valence electrons. The first-order valence-corrected chi connectivity index (χ1v) is 15.2. The number of methoxy groups -OCH3 is 2. The van der Waals surface area contributed by atoms with E-state index in [2.05, 4.69) is 47.4 Å². The van der Waals surface area contributed by atoms with E-state index in [1.807, 2.05) is 6.92 Å². The summed E-state index contributed by atoms with van der Waals surface area (Å²) >= 11 is 0. The Morgan fingerprint density at radius 2 is 1.66 bits per heavy atom. The maximum atomic E-state index is 9.78. The van der Waals surface area contributed by atoms with Crippen LogP contribution in [0.1, 0.15) is 61.6 Å². The normalized spacial score (nSPS) is 21.4. The maximum Gasteiger partial charge on any atom is 0.142 e. The minimum absolute atomic E-state index is 0.0363. The summed E-state index contributed by atoms with van der Waals surface area (Å²) in [5.41, 5.74) is 4.64. The van der Waals surface area contributed by atoms with E-state index in [-0.39, 0.29) is 24.2 Å². The summed E-state index contributed by atoms with van der Waals surface area (Å²) in [5.74, 6) is 1.05. The van der Waals surface area contributed by atoms with Crippen LogP contribution in [0.25, 0.3) is 0 Å². The lowest BCUT2D eigenvalue weighted by Gasteiger charge is -2.38. The van der Waals surface area contributed by atoms with E-state index < -0.39 is 0 Å². The second-order valence-electron chi connectivity index (χ2n) is 11.1. The summed E-state index contributed by atoms with van der Waals surface area (Å²) in [4.78, 5) is 2.39. The highest BCUT2D eigenvalue weighted by Crippen LogP contribution is 2.39. The van der Waals surface area contributed by atoms with Gasteiger partial charge in [-0.05, 0) is 67.9 Å². The number of ether oxygens (including phenoxy) is 6. The fourth-order valence-electron chi connectivity index (χ4n) is 5.72. The van der Waals surface area contributed by atoms with Gasteiger partial charge in [0.25, 0.3) is 0 Å². The predicted octanol–water partition coefficient (Wildman–Crippen LogP) is 5.09. The lowest BCUT2D eigenvalue weighted by atomic mass is 9.79. The topological polar surface area (TPSA) is 78.9 Å². The van der Waals surface area contributed by atoms with E-state index >= 15 is 0 Å². The molecule has 4 atom stereocenters. The smallest absolute Gasteiger partial charge is 0.142 e. The molecule has 1 aliphatic carbocycles. The zero-order chi connectivity index (χ0) is 28.9. The Hall–Kier alpha value is -2.20. The van der Waals surface area contributed by atoms with Crippen LogP contribution in [-0.4, -0.2) is 83.8 Å². The maximum absolute atomic E-state index is 9.78. The van der Waals surface area contributed by atoms with Crippen LogP contribution in [0.2, 0.25) is 0 Å². The fraction of sp³-hybridized carbons (Fsp3) is 0.636. The van der Waals surface area contributed by atoms with Gasteiger partial charge in [-0.3, -0.25) is 0 Å². The third kappa shape index (κ3) is 9.66. The van der Waals surface area contributed by atoms with E-state index in [0.717, 1.165) is 67.9 Å². The van der Waals surface area contributed by atoms with Gasteiger partial charge in [-0.15, -0.1) is 0 Å². The van der Waals surface area contributed by atoms with Crippen molar-refractivity contribution in [3.8, 4) is 5.75 Å². The Morgan fingerprint density at radius 3 is 2.41 bits per heavy atom. The molecule has 2 aliphatic rings. The second kappa shape index (κ2) is 17.0. The number of benzene rings is 2. The van der Waals surface area contributed by atoms with Gasteiger partial charge < -0.3 is 38.4 Å². The average Bonchev–Trinajstić information content (AvgIpc) is 2.99. The van der Waals surface area contributed by atoms with Gasteiger partial charge in [0.05, 0.1) is 57.0 Å². The van der Waals surface area contributed by atoms with Crippen LogP contribution in [0.4, 0.5) is 5.69 Å². The number of aliphatic hydroxyl groups is 1. The van der Waals surface area contributed by atoms with Crippen molar-refractivity contribution < 1.29 is 33.5 Å². The first kappa shape index (κ1) is 31.7. The monoisotopic (exact) mass is 571 g/mol. The van der Waals surface area contributed by atoms with E-state index in [4.69, 9.17) is 28.4 Å². The van der Waals surface area contributed by atoms with Crippen molar-refractivity contribution in [1.82, 2.24) is 0 Å². The molecule has 0 saturated heterocycles. The average molecular weight is 572 g/mol. The van der Waals surface area contributed by atoms with Crippen LogP contribution < -0.4 is 9.64 Å². The largest absolute Gasteiger partial charge is 0.490 e. The standard InChI is InChI=1S/C33H49NO7/c1-25(35)14-18-39-31-6-4-7-32(33(31)28-11-8-26(9-12-28)23-38-21-20-37-3)41-24-27-10-13-30-29(22-27)34(16-19-40-30)15-5-17-36-2/h8-13,22,25,31-33,35H,4-7,14-21,23-24H2,1-3H3/t25-,31-,32+,33+/m1/s1. The summed E-state index contributed by atoms with van der Waals surface area (Å²) in [6.07, 6.45) is 4.34. The van der Waals surface area contributed by atoms with Gasteiger partial charge in [0, 0.05) is 39.9 Å². The molecule has 1 fully saturated rings. The SMILES string of the molecule is COCCCN1CCOc2ccc(CO[C@H]3CCC[C@@H](OCC[C@@H](C)O)[C@@H]3c3ccc(COCCOC)cc3)cc21. The van der Waals surface area contributed by atoms with E-state index in [1.165, 1.54) is 5.56 Å². The molecule has 0 radical (unpaired) electrons. The first-order valence-electron chi connectivity index (χ1n) is 15.2. The van der Waals surface area contributed by atoms with E-state index in [9.17, 15) is 5.11 Å². The van der Waals surface area contributed by atoms with Gasteiger partial charge in [0.2, 0.25) is 0 Å². The van der Waals surface area contributed by atoms with Crippen LogP contribution in [0.5, 0.6) is 5.75 Å². The third-order valence-electron chi connectivity index (χ3n) is 7.93. The van der Waals surface area contributed by atoms with Crippen molar-refractivity contribution in [3.05, 3.63) is 59.2 Å². The Labute approximate surface area is 245 Å². The molecule has 2 aromatic rings. The molecule has 0 aromatic heterocycles. The van der Waals surface area contributed by atoms with Gasteiger partial charge in [-0.2, -0.15) is 0 Å². The molecule has 8 heteroatoms.